The van der Waals surface area contributed by atoms with Crippen LogP contribution in [0.1, 0.15) is 4.88 Å². The van der Waals surface area contributed by atoms with Gasteiger partial charge in [-0.2, -0.15) is 0 Å². The van der Waals surface area contributed by atoms with Crippen LogP contribution in [0.15, 0.2) is 17.5 Å². The van der Waals surface area contributed by atoms with Gasteiger partial charge in [0.15, 0.2) is 0 Å². The number of thioether (sulfide) groups is 1. The lowest BCUT2D eigenvalue weighted by atomic mass is 10.5. The molecule has 0 fully saturated rings. The van der Waals surface area contributed by atoms with Crippen LogP contribution >= 0.6 is 23.1 Å². The van der Waals surface area contributed by atoms with Crippen LogP contribution in [-0.4, -0.2) is 12.2 Å². The Balaban J connectivity index is 2.15. The van der Waals surface area contributed by atoms with Crippen LogP contribution in [0.2, 0.25) is 0 Å². The summed E-state index contributed by atoms with van der Waals surface area (Å²) in [6.45, 7) is 0.762. The van der Waals surface area contributed by atoms with Gasteiger partial charge >= 0.3 is 0 Å². The summed E-state index contributed by atoms with van der Waals surface area (Å²) in [5, 5.41) is 2.07. The van der Waals surface area contributed by atoms with Gasteiger partial charge in [0.1, 0.15) is 0 Å². The van der Waals surface area contributed by atoms with E-state index in [4.69, 9.17) is 4.74 Å². The molecule has 0 saturated carbocycles. The Morgan fingerprint density at radius 1 is 1.70 bits per heavy atom. The van der Waals surface area contributed by atoms with E-state index in [9.17, 15) is 0 Å². The first-order valence-corrected chi connectivity index (χ1v) is 5.30. The minimum absolute atomic E-state index is 0.762. The Kier molecular flexibility index (Phi) is 3.87. The maximum absolute atomic E-state index is 5.30. The van der Waals surface area contributed by atoms with Gasteiger partial charge in [0.2, 0.25) is 0 Å². The minimum atomic E-state index is 0.762. The van der Waals surface area contributed by atoms with Crippen LogP contribution in [0, 0.1) is 0 Å². The summed E-state index contributed by atoms with van der Waals surface area (Å²) in [6.07, 6.45) is 2.04. The number of hydrogen-bond donors (Lipinski definition) is 0. The van der Waals surface area contributed by atoms with E-state index >= 15 is 0 Å². The first-order chi connectivity index (χ1) is 4.93. The van der Waals surface area contributed by atoms with Crippen molar-refractivity contribution in [3.8, 4) is 0 Å². The van der Waals surface area contributed by atoms with Crippen molar-refractivity contribution in [3.63, 3.8) is 0 Å². The van der Waals surface area contributed by atoms with Crippen LogP contribution in [0.5, 0.6) is 0 Å². The first kappa shape index (κ1) is 8.11. The maximum Gasteiger partial charge on any atom is 0.0923 e. The molecule has 1 aromatic rings. The van der Waals surface area contributed by atoms with Crippen LogP contribution in [0.4, 0.5) is 0 Å². The van der Waals surface area contributed by atoms with Crippen molar-refractivity contribution in [1.82, 2.24) is 0 Å². The molecule has 0 aliphatic rings. The third-order valence-corrected chi connectivity index (χ3v) is 2.28. The molecule has 10 heavy (non-hydrogen) atoms. The largest absolute Gasteiger partial charge is 0.365 e. The average Bonchev–Trinajstić information content (AvgIpc) is 2.41. The molecular formula is C7H10OS2. The highest BCUT2D eigenvalue weighted by Gasteiger charge is 1.90. The Bertz CT molecular complexity index is 160. The van der Waals surface area contributed by atoms with E-state index in [-0.39, 0.29) is 0 Å². The second-order valence-electron chi connectivity index (χ2n) is 1.83. The molecule has 0 aliphatic carbocycles. The number of hydrogen-bond acceptors (Lipinski definition) is 3. The fraction of sp³-hybridized carbons (Fsp3) is 0.429. The molecule has 0 spiro atoms. The molecule has 0 bridgehead atoms. The smallest absolute Gasteiger partial charge is 0.0923 e. The lowest BCUT2D eigenvalue weighted by molar-refractivity contribution is 0.172. The highest BCUT2D eigenvalue weighted by atomic mass is 32.2. The van der Waals surface area contributed by atoms with Crippen LogP contribution < -0.4 is 0 Å². The maximum atomic E-state index is 5.30. The van der Waals surface area contributed by atoms with Crippen molar-refractivity contribution in [2.45, 2.75) is 6.61 Å². The van der Waals surface area contributed by atoms with Crippen molar-refractivity contribution in [2.75, 3.05) is 12.2 Å². The standard InChI is InChI=1S/C7H10OS2/c1-9-6-8-5-7-3-2-4-10-7/h2-4H,5-6H2,1H3. The first-order valence-electron chi connectivity index (χ1n) is 3.02. The van der Waals surface area contributed by atoms with E-state index in [1.807, 2.05) is 12.3 Å². The Labute approximate surface area is 69.4 Å². The third kappa shape index (κ3) is 2.73. The van der Waals surface area contributed by atoms with Gasteiger partial charge in [0, 0.05) is 4.88 Å². The van der Waals surface area contributed by atoms with Gasteiger partial charge in [-0.25, -0.2) is 0 Å². The predicted molar refractivity (Wildman–Crippen MR) is 47.5 cm³/mol. The van der Waals surface area contributed by atoms with Crippen LogP contribution in [-0.2, 0) is 11.3 Å². The summed E-state index contributed by atoms with van der Waals surface area (Å²) >= 11 is 3.44. The van der Waals surface area contributed by atoms with Gasteiger partial charge < -0.3 is 4.74 Å². The Hall–Kier alpha value is 0.01000. The summed E-state index contributed by atoms with van der Waals surface area (Å²) in [5.41, 5.74) is 0. The Morgan fingerprint density at radius 2 is 2.60 bits per heavy atom. The highest BCUT2D eigenvalue weighted by molar-refractivity contribution is 7.98. The summed E-state index contributed by atoms with van der Waals surface area (Å²) in [6, 6.07) is 4.13. The normalized spacial score (nSPS) is 10.1. The van der Waals surface area contributed by atoms with E-state index in [2.05, 4.69) is 11.4 Å². The fourth-order valence-electron chi connectivity index (χ4n) is 0.620. The summed E-state index contributed by atoms with van der Waals surface area (Å²) < 4.78 is 5.30. The highest BCUT2D eigenvalue weighted by Crippen LogP contribution is 2.10. The molecule has 1 rings (SSSR count). The van der Waals surface area contributed by atoms with Crippen LogP contribution in [0.25, 0.3) is 0 Å². The molecule has 0 N–H and O–H groups in total. The summed E-state index contributed by atoms with van der Waals surface area (Å²) in [7, 11) is 0. The second-order valence-corrected chi connectivity index (χ2v) is 3.68. The average molecular weight is 174 g/mol. The molecule has 1 nitrogen and oxygen atoms in total. The lowest BCUT2D eigenvalue weighted by Gasteiger charge is -1.97. The van der Waals surface area contributed by atoms with Gasteiger partial charge in [-0.05, 0) is 17.7 Å². The van der Waals surface area contributed by atoms with Crippen LogP contribution in [0.3, 0.4) is 0 Å². The monoisotopic (exact) mass is 174 g/mol. The second kappa shape index (κ2) is 4.77. The molecule has 56 valence electrons. The molecule has 0 amide bonds. The molecule has 0 radical (unpaired) electrons. The molecule has 1 aromatic heterocycles. The Morgan fingerprint density at radius 3 is 3.20 bits per heavy atom. The van der Waals surface area contributed by atoms with E-state index < -0.39 is 0 Å². The number of thiophene rings is 1. The van der Waals surface area contributed by atoms with Crippen molar-refractivity contribution < 1.29 is 4.74 Å². The summed E-state index contributed by atoms with van der Waals surface area (Å²) in [5.74, 6) is 0.790. The lowest BCUT2D eigenvalue weighted by Crippen LogP contribution is -1.87. The third-order valence-electron chi connectivity index (χ3n) is 1.03. The predicted octanol–water partition coefficient (Wildman–Crippen LogP) is 2.59. The molecule has 0 atom stereocenters. The summed E-state index contributed by atoms with van der Waals surface area (Å²) in [4.78, 5) is 1.30. The molecular weight excluding hydrogens is 164 g/mol. The van der Waals surface area contributed by atoms with Gasteiger partial charge in [-0.1, -0.05) is 6.07 Å². The number of rotatable bonds is 4. The molecule has 0 aromatic carbocycles. The zero-order chi connectivity index (χ0) is 7.23. The van der Waals surface area contributed by atoms with Crippen molar-refractivity contribution >= 4 is 23.1 Å². The quantitative estimate of drug-likeness (QED) is 0.512. The number of ether oxygens (including phenoxy) is 1. The zero-order valence-electron chi connectivity index (χ0n) is 5.87. The van der Waals surface area contributed by atoms with Crippen molar-refractivity contribution in [1.29, 1.82) is 0 Å². The van der Waals surface area contributed by atoms with E-state index in [0.717, 1.165) is 12.5 Å². The van der Waals surface area contributed by atoms with Crippen molar-refractivity contribution in [3.05, 3.63) is 22.4 Å². The van der Waals surface area contributed by atoms with Crippen molar-refractivity contribution in [2.24, 2.45) is 0 Å². The van der Waals surface area contributed by atoms with E-state index in [0.29, 0.717) is 0 Å². The minimum Gasteiger partial charge on any atom is -0.365 e. The van der Waals surface area contributed by atoms with Gasteiger partial charge in [0.25, 0.3) is 0 Å². The van der Waals surface area contributed by atoms with Gasteiger partial charge in [-0.15, -0.1) is 23.1 Å². The molecule has 3 heteroatoms. The molecule has 0 unspecified atom stereocenters. The van der Waals surface area contributed by atoms with Gasteiger partial charge in [-0.3, -0.25) is 0 Å². The topological polar surface area (TPSA) is 9.23 Å². The SMILES string of the molecule is CSCOCc1cccs1. The van der Waals surface area contributed by atoms with Gasteiger partial charge in [0.05, 0.1) is 12.5 Å². The zero-order valence-corrected chi connectivity index (χ0v) is 7.50. The molecule has 0 aliphatic heterocycles. The fourth-order valence-corrected chi connectivity index (χ4v) is 1.51. The van der Waals surface area contributed by atoms with E-state index in [1.165, 1.54) is 4.88 Å². The molecule has 1 heterocycles. The molecule has 0 saturated heterocycles. The van der Waals surface area contributed by atoms with E-state index in [1.54, 1.807) is 23.1 Å².